The molecule has 0 N–H and O–H groups in total. The van der Waals surface area contributed by atoms with Gasteiger partial charge in [0.15, 0.2) is 0 Å². The van der Waals surface area contributed by atoms with Crippen LogP contribution in [0.5, 0.6) is 0 Å². The fourth-order valence-electron chi connectivity index (χ4n) is 7.76. The Morgan fingerprint density at radius 2 is 0.905 bits per heavy atom. The minimum atomic E-state index is 0.329. The van der Waals surface area contributed by atoms with Crippen LogP contribution in [0.2, 0.25) is 0 Å². The van der Waals surface area contributed by atoms with E-state index in [2.05, 4.69) is 134 Å². The van der Waals surface area contributed by atoms with Crippen LogP contribution < -0.4 is 0 Å². The van der Waals surface area contributed by atoms with Gasteiger partial charge in [0.05, 0.1) is 0 Å². The minimum Gasteiger partial charge on any atom is -0.0836 e. The molecule has 0 heteroatoms. The van der Waals surface area contributed by atoms with E-state index in [0.717, 1.165) is 38.5 Å². The number of hydrogen-bond acceptors (Lipinski definition) is 0. The van der Waals surface area contributed by atoms with E-state index < -0.39 is 0 Å². The van der Waals surface area contributed by atoms with Crippen molar-refractivity contribution >= 4 is 43.5 Å². The number of rotatable bonds is 4. The Kier molecular flexibility index (Phi) is 6.49. The van der Waals surface area contributed by atoms with Crippen molar-refractivity contribution < 1.29 is 0 Å². The third-order valence-electron chi connectivity index (χ3n) is 9.53. The largest absolute Gasteiger partial charge is 0.0836 e. The zero-order valence-electron chi connectivity index (χ0n) is 24.1. The van der Waals surface area contributed by atoms with Crippen LogP contribution >= 0.6 is 0 Å². The maximum absolute atomic E-state index is 2.49. The van der Waals surface area contributed by atoms with E-state index in [1.807, 2.05) is 0 Å². The summed E-state index contributed by atoms with van der Waals surface area (Å²) in [5.74, 6) is 0.658. The summed E-state index contributed by atoms with van der Waals surface area (Å²) in [6.07, 6.45) is 39.5. The molecule has 0 radical (unpaired) electrons. The first-order valence-corrected chi connectivity index (χ1v) is 15.7. The van der Waals surface area contributed by atoms with Crippen LogP contribution in [0.25, 0.3) is 43.5 Å². The van der Waals surface area contributed by atoms with Crippen molar-refractivity contribution in [3.63, 3.8) is 0 Å². The Labute approximate surface area is 249 Å². The molecular formula is C42H36. The first kappa shape index (κ1) is 25.3. The monoisotopic (exact) mass is 540 g/mol. The average molecular weight is 541 g/mol. The highest BCUT2D eigenvalue weighted by Crippen LogP contribution is 2.51. The summed E-state index contributed by atoms with van der Waals surface area (Å²) in [5, 5.41) is 8.47. The van der Waals surface area contributed by atoms with Crippen LogP contribution in [0.15, 0.2) is 134 Å². The standard InChI is InChI=1S/C42H36/c1-5-17-29(18-6-1)37-33-25-13-14-26-34(33)39(31-21-9-3-10-22-31)42-40(32-23-11-4-12-24-32)36-28-16-15-27-35(36)38(41(37)42)30-19-7-2-8-20-30/h1,4-7,9,11-17,19-23,25-29,32H,2-3,8,10,18,24H2. The van der Waals surface area contributed by atoms with Crippen LogP contribution in [0.1, 0.15) is 72.6 Å². The van der Waals surface area contributed by atoms with Crippen molar-refractivity contribution in [1.82, 2.24) is 0 Å². The zero-order chi connectivity index (χ0) is 27.9. The summed E-state index contributed by atoms with van der Waals surface area (Å²) >= 11 is 0. The summed E-state index contributed by atoms with van der Waals surface area (Å²) in [6.45, 7) is 0. The van der Waals surface area contributed by atoms with E-state index >= 15 is 0 Å². The summed E-state index contributed by atoms with van der Waals surface area (Å²) in [4.78, 5) is 0. The van der Waals surface area contributed by atoms with E-state index in [1.54, 1.807) is 0 Å². The van der Waals surface area contributed by atoms with Crippen LogP contribution in [0.3, 0.4) is 0 Å². The molecule has 8 rings (SSSR count). The van der Waals surface area contributed by atoms with Gasteiger partial charge in [-0.25, -0.2) is 0 Å². The van der Waals surface area contributed by atoms with Crippen molar-refractivity contribution in [3.8, 4) is 0 Å². The smallest absolute Gasteiger partial charge is 0.00682 e. The Morgan fingerprint density at radius 3 is 1.29 bits per heavy atom. The SMILES string of the molecule is C1=CCC(c2c3ccccc3c(C3=CCCC=C3)c3c(C4C=CC=CC4)c4ccccc4c(C4=CCCC=C4)c23)C=C1. The molecule has 0 heterocycles. The van der Waals surface area contributed by atoms with E-state index in [0.29, 0.717) is 11.8 Å². The van der Waals surface area contributed by atoms with Gasteiger partial charge in [-0.1, -0.05) is 134 Å². The van der Waals surface area contributed by atoms with E-state index in [-0.39, 0.29) is 0 Å². The Hall–Kier alpha value is -4.42. The average Bonchev–Trinajstić information content (AvgIpc) is 3.07. The lowest BCUT2D eigenvalue weighted by molar-refractivity contribution is 0.863. The van der Waals surface area contributed by atoms with Gasteiger partial charge in [0.25, 0.3) is 0 Å². The molecule has 42 heavy (non-hydrogen) atoms. The Bertz CT molecular complexity index is 1830. The van der Waals surface area contributed by atoms with E-state index in [1.165, 1.54) is 65.7 Å². The van der Waals surface area contributed by atoms with Gasteiger partial charge in [-0.2, -0.15) is 0 Å². The van der Waals surface area contributed by atoms with Gasteiger partial charge < -0.3 is 0 Å². The third-order valence-corrected chi connectivity index (χ3v) is 9.53. The second kappa shape index (κ2) is 10.8. The second-order valence-corrected chi connectivity index (χ2v) is 12.0. The van der Waals surface area contributed by atoms with Crippen LogP contribution in [-0.2, 0) is 0 Å². The van der Waals surface area contributed by atoms with Gasteiger partial charge in [0.1, 0.15) is 0 Å². The van der Waals surface area contributed by atoms with E-state index in [9.17, 15) is 0 Å². The lowest BCUT2D eigenvalue weighted by Gasteiger charge is -2.30. The van der Waals surface area contributed by atoms with E-state index in [4.69, 9.17) is 0 Å². The maximum Gasteiger partial charge on any atom is 0.00682 e. The molecule has 0 bridgehead atoms. The lowest BCUT2D eigenvalue weighted by atomic mass is 9.73. The number of benzene rings is 4. The fraction of sp³-hybridized carbons (Fsp3) is 0.190. The quantitative estimate of drug-likeness (QED) is 0.226. The molecule has 4 aromatic rings. The molecule has 0 nitrogen and oxygen atoms in total. The van der Waals surface area contributed by atoms with Gasteiger partial charge in [0, 0.05) is 11.8 Å². The fourth-order valence-corrected chi connectivity index (χ4v) is 7.76. The molecule has 0 saturated heterocycles. The van der Waals surface area contributed by atoms with Crippen molar-refractivity contribution in [3.05, 3.63) is 156 Å². The molecule has 0 spiro atoms. The summed E-state index contributed by atoms with van der Waals surface area (Å²) in [7, 11) is 0. The van der Waals surface area contributed by atoms with Crippen LogP contribution in [0, 0.1) is 0 Å². The van der Waals surface area contributed by atoms with Gasteiger partial charge in [-0.3, -0.25) is 0 Å². The second-order valence-electron chi connectivity index (χ2n) is 12.0. The molecule has 2 atom stereocenters. The first-order chi connectivity index (χ1) is 20.9. The third kappa shape index (κ3) is 4.12. The number of allylic oxidation sites excluding steroid dienone is 16. The Morgan fingerprint density at radius 1 is 0.452 bits per heavy atom. The highest BCUT2D eigenvalue weighted by atomic mass is 14.3. The molecule has 2 unspecified atom stereocenters. The molecule has 0 aromatic heterocycles. The van der Waals surface area contributed by atoms with Crippen molar-refractivity contribution in [1.29, 1.82) is 0 Å². The highest BCUT2D eigenvalue weighted by Gasteiger charge is 2.29. The molecular weight excluding hydrogens is 504 g/mol. The molecule has 0 saturated carbocycles. The predicted molar refractivity (Wildman–Crippen MR) is 183 cm³/mol. The summed E-state index contributed by atoms with van der Waals surface area (Å²) in [5.41, 5.74) is 8.56. The van der Waals surface area contributed by atoms with Crippen LogP contribution in [-0.4, -0.2) is 0 Å². The number of hydrogen-bond donors (Lipinski definition) is 0. The van der Waals surface area contributed by atoms with Crippen molar-refractivity contribution in [2.75, 3.05) is 0 Å². The van der Waals surface area contributed by atoms with Gasteiger partial charge in [0.2, 0.25) is 0 Å². The predicted octanol–water partition coefficient (Wildman–Crippen LogP) is 11.8. The number of fused-ring (bicyclic) bond motifs is 3. The van der Waals surface area contributed by atoms with Gasteiger partial charge in [-0.15, -0.1) is 0 Å². The van der Waals surface area contributed by atoms with Crippen LogP contribution in [0.4, 0.5) is 0 Å². The lowest BCUT2D eigenvalue weighted by Crippen LogP contribution is -2.09. The molecule has 0 amide bonds. The summed E-state index contributed by atoms with van der Waals surface area (Å²) in [6, 6.07) is 18.5. The summed E-state index contributed by atoms with van der Waals surface area (Å²) < 4.78 is 0. The topological polar surface area (TPSA) is 0 Å². The molecule has 4 aromatic carbocycles. The normalized spacial score (nSPS) is 21.4. The zero-order valence-corrected chi connectivity index (χ0v) is 24.1. The molecule has 4 aliphatic carbocycles. The maximum atomic E-state index is 2.49. The van der Waals surface area contributed by atoms with Gasteiger partial charge >= 0.3 is 0 Å². The Balaban J connectivity index is 1.67. The molecule has 0 fully saturated rings. The molecule has 4 aliphatic rings. The molecule has 204 valence electrons. The van der Waals surface area contributed by atoms with Gasteiger partial charge in [-0.05, 0) is 104 Å². The first-order valence-electron chi connectivity index (χ1n) is 15.7. The highest BCUT2D eigenvalue weighted by molar-refractivity contribution is 6.23. The molecule has 0 aliphatic heterocycles. The van der Waals surface area contributed by atoms with Crippen molar-refractivity contribution in [2.24, 2.45) is 0 Å². The van der Waals surface area contributed by atoms with Crippen molar-refractivity contribution in [2.45, 2.75) is 50.4 Å². The minimum absolute atomic E-state index is 0.329.